The highest BCUT2D eigenvalue weighted by Crippen LogP contribution is 2.29. The Labute approximate surface area is 168 Å². The van der Waals surface area contributed by atoms with Gasteiger partial charge < -0.3 is 9.80 Å². The molecule has 2 aromatic rings. The molecule has 0 N–H and O–H groups in total. The van der Waals surface area contributed by atoms with Crippen LogP contribution in [0.25, 0.3) is 0 Å². The Morgan fingerprint density at radius 3 is 2.28 bits per heavy atom. The first-order valence-electron chi connectivity index (χ1n) is 9.63. The van der Waals surface area contributed by atoms with Gasteiger partial charge in [0.15, 0.2) is 0 Å². The molecule has 1 fully saturated rings. The largest absolute Gasteiger partial charge is 0.417 e. The van der Waals surface area contributed by atoms with E-state index in [1.807, 2.05) is 59.0 Å². The summed E-state index contributed by atoms with van der Waals surface area (Å²) in [6.45, 7) is 4.81. The van der Waals surface area contributed by atoms with E-state index in [-0.39, 0.29) is 11.9 Å². The molecule has 3 rings (SSSR count). The van der Waals surface area contributed by atoms with E-state index < -0.39 is 11.7 Å². The topological polar surface area (TPSA) is 39.7 Å². The Hall–Kier alpha value is -2.61. The Bertz CT molecular complexity index is 803. The summed E-state index contributed by atoms with van der Waals surface area (Å²) in [5.74, 6) is 0.538. The van der Waals surface area contributed by atoms with E-state index in [2.05, 4.69) is 4.98 Å². The number of benzene rings is 1. The molecule has 1 atom stereocenters. The average molecular weight is 406 g/mol. The minimum Gasteiger partial charge on any atom is -0.353 e. The van der Waals surface area contributed by atoms with Gasteiger partial charge in [0.2, 0.25) is 5.91 Å². The molecule has 2 heterocycles. The molecule has 1 aliphatic heterocycles. The van der Waals surface area contributed by atoms with Crippen molar-refractivity contribution in [1.29, 1.82) is 0 Å². The van der Waals surface area contributed by atoms with Gasteiger partial charge in [0.05, 0.1) is 5.56 Å². The third-order valence-corrected chi connectivity index (χ3v) is 5.28. The lowest BCUT2D eigenvalue weighted by Gasteiger charge is -2.38. The highest BCUT2D eigenvalue weighted by molar-refractivity contribution is 5.83. The third kappa shape index (κ3) is 4.87. The predicted octanol–water partition coefficient (Wildman–Crippen LogP) is 3.44. The summed E-state index contributed by atoms with van der Waals surface area (Å²) < 4.78 is 38.1. The van der Waals surface area contributed by atoms with E-state index in [1.165, 1.54) is 6.07 Å². The number of hydrogen-bond donors (Lipinski definition) is 0. The van der Waals surface area contributed by atoms with Crippen LogP contribution in [0.2, 0.25) is 0 Å². The van der Waals surface area contributed by atoms with Crippen LogP contribution in [-0.4, -0.2) is 60.5 Å². The molecule has 1 saturated heterocycles. The van der Waals surface area contributed by atoms with Gasteiger partial charge in [-0.25, -0.2) is 4.98 Å². The summed E-state index contributed by atoms with van der Waals surface area (Å²) in [4.78, 5) is 22.9. The molecule has 29 heavy (non-hydrogen) atoms. The second-order valence-corrected chi connectivity index (χ2v) is 7.10. The molecule has 1 aliphatic rings. The molecule has 1 aromatic heterocycles. The maximum Gasteiger partial charge on any atom is 0.417 e. The lowest BCUT2D eigenvalue weighted by atomic mass is 10.0. The van der Waals surface area contributed by atoms with Crippen molar-refractivity contribution in [3.05, 3.63) is 59.8 Å². The smallest absolute Gasteiger partial charge is 0.353 e. The van der Waals surface area contributed by atoms with Crippen LogP contribution in [-0.2, 0) is 11.0 Å². The maximum absolute atomic E-state index is 13.2. The Balaban J connectivity index is 1.67. The Kier molecular flexibility index (Phi) is 6.42. The van der Waals surface area contributed by atoms with Gasteiger partial charge in [0.1, 0.15) is 11.9 Å². The fourth-order valence-corrected chi connectivity index (χ4v) is 3.47. The SMILES string of the molecule is CCN(C)C(C(=O)N1CCN(c2ccc(C(F)(F)F)cn2)CC1)c1ccccc1. The number of hydrogen-bond acceptors (Lipinski definition) is 4. The van der Waals surface area contributed by atoms with Gasteiger partial charge in [-0.1, -0.05) is 37.3 Å². The molecule has 0 bridgehead atoms. The quantitative estimate of drug-likeness (QED) is 0.763. The van der Waals surface area contributed by atoms with E-state index >= 15 is 0 Å². The summed E-state index contributed by atoms with van der Waals surface area (Å²) in [5, 5.41) is 0. The molecule has 0 spiro atoms. The number of pyridine rings is 1. The number of anilines is 1. The molecule has 1 aromatic carbocycles. The lowest BCUT2D eigenvalue weighted by molar-refractivity contribution is -0.138. The van der Waals surface area contributed by atoms with Gasteiger partial charge in [0.25, 0.3) is 0 Å². The zero-order chi connectivity index (χ0) is 21.0. The van der Waals surface area contributed by atoms with Gasteiger partial charge in [-0.15, -0.1) is 0 Å². The van der Waals surface area contributed by atoms with Crippen LogP contribution in [0, 0.1) is 0 Å². The zero-order valence-electron chi connectivity index (χ0n) is 16.6. The number of rotatable bonds is 5. The van der Waals surface area contributed by atoms with E-state index in [0.29, 0.717) is 32.0 Å². The normalized spacial score (nSPS) is 16.2. The predicted molar refractivity (Wildman–Crippen MR) is 106 cm³/mol. The fraction of sp³-hybridized carbons (Fsp3) is 0.429. The summed E-state index contributed by atoms with van der Waals surface area (Å²) in [7, 11) is 1.93. The van der Waals surface area contributed by atoms with Crippen LogP contribution >= 0.6 is 0 Å². The number of carbonyl (C=O) groups excluding carboxylic acids is 1. The van der Waals surface area contributed by atoms with Gasteiger partial charge >= 0.3 is 6.18 Å². The van der Waals surface area contributed by atoms with Crippen molar-refractivity contribution < 1.29 is 18.0 Å². The van der Waals surface area contributed by atoms with Crippen LogP contribution in [0.4, 0.5) is 19.0 Å². The molecule has 5 nitrogen and oxygen atoms in total. The van der Waals surface area contributed by atoms with Crippen molar-refractivity contribution in [2.45, 2.75) is 19.1 Å². The highest BCUT2D eigenvalue weighted by Gasteiger charge is 2.32. The number of alkyl halides is 3. The van der Waals surface area contributed by atoms with Crippen molar-refractivity contribution >= 4 is 11.7 Å². The van der Waals surface area contributed by atoms with E-state index in [9.17, 15) is 18.0 Å². The molecular weight excluding hydrogens is 381 g/mol. The third-order valence-electron chi connectivity index (χ3n) is 5.28. The molecule has 8 heteroatoms. The molecule has 1 unspecified atom stereocenters. The number of amides is 1. The molecule has 0 radical (unpaired) electrons. The molecule has 156 valence electrons. The van der Waals surface area contributed by atoms with Crippen molar-refractivity contribution in [2.24, 2.45) is 0 Å². The van der Waals surface area contributed by atoms with Gasteiger partial charge in [-0.05, 0) is 31.3 Å². The second kappa shape index (κ2) is 8.82. The molecular formula is C21H25F3N4O. The van der Waals surface area contributed by atoms with Crippen LogP contribution in [0.15, 0.2) is 48.7 Å². The van der Waals surface area contributed by atoms with Crippen molar-refractivity contribution in [2.75, 3.05) is 44.7 Å². The number of nitrogens with zero attached hydrogens (tertiary/aromatic N) is 4. The average Bonchev–Trinajstić information content (AvgIpc) is 2.74. The van der Waals surface area contributed by atoms with Crippen molar-refractivity contribution in [3.63, 3.8) is 0 Å². The number of piperazine rings is 1. The lowest BCUT2D eigenvalue weighted by Crippen LogP contribution is -2.52. The van der Waals surface area contributed by atoms with Crippen LogP contribution in [0.5, 0.6) is 0 Å². The Morgan fingerprint density at radius 1 is 1.10 bits per heavy atom. The summed E-state index contributed by atoms with van der Waals surface area (Å²) in [5.41, 5.74) is 0.192. The molecule has 0 aliphatic carbocycles. The van der Waals surface area contributed by atoms with Crippen molar-refractivity contribution in [3.8, 4) is 0 Å². The summed E-state index contributed by atoms with van der Waals surface area (Å²) in [6.07, 6.45) is -3.54. The number of carbonyl (C=O) groups is 1. The van der Waals surface area contributed by atoms with E-state index in [4.69, 9.17) is 0 Å². The summed E-state index contributed by atoms with van der Waals surface area (Å²) in [6, 6.07) is 11.8. The highest BCUT2D eigenvalue weighted by atomic mass is 19.4. The fourth-order valence-electron chi connectivity index (χ4n) is 3.47. The standard InChI is InChI=1S/C21H25F3N4O/c1-3-26(2)19(16-7-5-4-6-8-16)20(29)28-13-11-27(12-14-28)18-10-9-17(15-25-18)21(22,23)24/h4-10,15,19H,3,11-14H2,1-2H3. The Morgan fingerprint density at radius 2 is 1.76 bits per heavy atom. The van der Waals surface area contributed by atoms with Crippen LogP contribution < -0.4 is 4.90 Å². The summed E-state index contributed by atoms with van der Waals surface area (Å²) >= 11 is 0. The van der Waals surface area contributed by atoms with Gasteiger partial charge in [-0.2, -0.15) is 13.2 Å². The monoisotopic (exact) mass is 406 g/mol. The minimum absolute atomic E-state index is 0.0422. The van der Waals surface area contributed by atoms with E-state index in [0.717, 1.165) is 24.4 Å². The van der Waals surface area contributed by atoms with Gasteiger partial charge in [-0.3, -0.25) is 9.69 Å². The van der Waals surface area contributed by atoms with Crippen LogP contribution in [0.3, 0.4) is 0 Å². The number of aromatic nitrogens is 1. The first-order chi connectivity index (χ1) is 13.8. The first-order valence-corrected chi connectivity index (χ1v) is 9.63. The second-order valence-electron chi connectivity index (χ2n) is 7.10. The zero-order valence-corrected chi connectivity index (χ0v) is 16.6. The minimum atomic E-state index is -4.39. The first kappa shape index (κ1) is 21.1. The van der Waals surface area contributed by atoms with Crippen LogP contribution in [0.1, 0.15) is 24.1 Å². The molecule has 0 saturated carbocycles. The van der Waals surface area contributed by atoms with E-state index in [1.54, 1.807) is 0 Å². The van der Waals surface area contributed by atoms with Gasteiger partial charge in [0, 0.05) is 32.4 Å². The number of likely N-dealkylation sites (N-methyl/N-ethyl adjacent to an activating group) is 1. The maximum atomic E-state index is 13.2. The van der Waals surface area contributed by atoms with Crippen molar-refractivity contribution in [1.82, 2.24) is 14.8 Å². The molecule has 1 amide bonds. The number of halogens is 3.